The molecule has 0 bridgehead atoms. The minimum Gasteiger partial charge on any atom is -0.508 e. The molecule has 0 aliphatic carbocycles. The highest BCUT2D eigenvalue weighted by molar-refractivity contribution is 5.36. The second kappa shape index (κ2) is 13.6. The molecule has 3 nitrogen and oxygen atoms in total. The van der Waals surface area contributed by atoms with Gasteiger partial charge in [0.1, 0.15) is 5.75 Å². The maximum absolute atomic E-state index is 9.72. The van der Waals surface area contributed by atoms with Crippen LogP contribution in [0.4, 0.5) is 0 Å². The molecule has 0 saturated heterocycles. The molecular formula is C15H24O3. The van der Waals surface area contributed by atoms with Crippen LogP contribution < -0.4 is 0 Å². The highest BCUT2D eigenvalue weighted by atomic mass is 16.5. The number of hydrogen-bond acceptors (Lipinski definition) is 3. The number of unbranched alkanes of at least 4 members (excludes halogenated alkanes) is 5. The summed E-state index contributed by atoms with van der Waals surface area (Å²) in [6, 6.07) is 8.71. The van der Waals surface area contributed by atoms with Gasteiger partial charge in [-0.15, -0.1) is 0 Å². The first-order valence-electron chi connectivity index (χ1n) is 6.60. The van der Waals surface area contributed by atoms with Crippen LogP contribution in [0.25, 0.3) is 0 Å². The summed E-state index contributed by atoms with van der Waals surface area (Å²) in [5.74, 6) is 0.322. The molecule has 0 saturated carbocycles. The maximum atomic E-state index is 9.72. The van der Waals surface area contributed by atoms with E-state index in [-0.39, 0.29) is 0 Å². The Bertz CT molecular complexity index is 272. The molecule has 1 aromatic carbocycles. The maximum Gasteiger partial charge on any atom is 0.293 e. The van der Waals surface area contributed by atoms with Crippen molar-refractivity contribution in [3.8, 4) is 5.75 Å². The van der Waals surface area contributed by atoms with Gasteiger partial charge in [0, 0.05) is 0 Å². The second-order valence-corrected chi connectivity index (χ2v) is 4.07. The minimum absolute atomic E-state index is 0.322. The van der Waals surface area contributed by atoms with E-state index in [1.54, 1.807) is 24.3 Å². The predicted octanol–water partition coefficient (Wildman–Crippen LogP) is 3.91. The van der Waals surface area contributed by atoms with Gasteiger partial charge in [-0.1, -0.05) is 57.2 Å². The highest BCUT2D eigenvalue weighted by Gasteiger charge is 1.88. The summed E-state index contributed by atoms with van der Waals surface area (Å²) in [4.78, 5) is 9.72. The van der Waals surface area contributed by atoms with E-state index in [0.717, 1.165) is 6.42 Å². The molecule has 0 amide bonds. The number of carbonyl (C=O) groups is 1. The third-order valence-electron chi connectivity index (χ3n) is 2.44. The van der Waals surface area contributed by atoms with Crippen molar-refractivity contribution in [2.45, 2.75) is 45.4 Å². The van der Waals surface area contributed by atoms with Crippen LogP contribution in [0.2, 0.25) is 0 Å². The molecule has 0 radical (unpaired) electrons. The van der Waals surface area contributed by atoms with Gasteiger partial charge in [0.25, 0.3) is 6.47 Å². The van der Waals surface area contributed by atoms with Gasteiger partial charge >= 0.3 is 0 Å². The van der Waals surface area contributed by atoms with E-state index >= 15 is 0 Å². The van der Waals surface area contributed by atoms with Crippen LogP contribution in [0.1, 0.15) is 45.4 Å². The zero-order chi connectivity index (χ0) is 13.5. The lowest BCUT2D eigenvalue weighted by Gasteiger charge is -1.98. The van der Waals surface area contributed by atoms with Gasteiger partial charge in [0.15, 0.2) is 0 Å². The third-order valence-corrected chi connectivity index (χ3v) is 2.44. The van der Waals surface area contributed by atoms with Crippen LogP contribution in [0.15, 0.2) is 30.3 Å². The van der Waals surface area contributed by atoms with Crippen molar-refractivity contribution >= 4 is 6.47 Å². The standard InChI is InChI=1S/C9H18O2.C6H6O/c1-2-3-4-5-6-7-8-11-9-10;7-6-4-2-1-3-5-6/h9H,2-8H2,1H3;1-5,7H. The van der Waals surface area contributed by atoms with Gasteiger partial charge in [-0.3, -0.25) is 4.79 Å². The Labute approximate surface area is 110 Å². The number of benzene rings is 1. The first-order chi connectivity index (χ1) is 8.81. The molecular weight excluding hydrogens is 228 g/mol. The molecule has 18 heavy (non-hydrogen) atoms. The summed E-state index contributed by atoms with van der Waals surface area (Å²) >= 11 is 0. The molecule has 0 aromatic heterocycles. The lowest BCUT2D eigenvalue weighted by Crippen LogP contribution is -1.90. The first-order valence-corrected chi connectivity index (χ1v) is 6.60. The molecule has 0 atom stereocenters. The number of hydrogen-bond donors (Lipinski definition) is 1. The smallest absolute Gasteiger partial charge is 0.293 e. The molecule has 0 unspecified atom stereocenters. The van der Waals surface area contributed by atoms with E-state index in [2.05, 4.69) is 11.7 Å². The van der Waals surface area contributed by atoms with Crippen LogP contribution >= 0.6 is 0 Å². The van der Waals surface area contributed by atoms with Gasteiger partial charge in [0.05, 0.1) is 6.61 Å². The molecule has 1 aromatic rings. The molecule has 0 heterocycles. The Balaban J connectivity index is 0.000000351. The van der Waals surface area contributed by atoms with E-state index in [0.29, 0.717) is 18.8 Å². The fourth-order valence-electron chi connectivity index (χ4n) is 1.44. The van der Waals surface area contributed by atoms with Crippen LogP contribution in [0.3, 0.4) is 0 Å². The predicted molar refractivity (Wildman–Crippen MR) is 73.5 cm³/mol. The zero-order valence-corrected chi connectivity index (χ0v) is 11.2. The number of aromatic hydroxyl groups is 1. The normalized spacial score (nSPS) is 9.17. The average molecular weight is 252 g/mol. The van der Waals surface area contributed by atoms with Crippen molar-refractivity contribution < 1.29 is 14.6 Å². The van der Waals surface area contributed by atoms with Crippen molar-refractivity contribution in [2.24, 2.45) is 0 Å². The number of carbonyl (C=O) groups excluding carboxylic acids is 1. The fourth-order valence-corrected chi connectivity index (χ4v) is 1.44. The van der Waals surface area contributed by atoms with Crippen molar-refractivity contribution in [3.05, 3.63) is 30.3 Å². The lowest BCUT2D eigenvalue weighted by molar-refractivity contribution is -0.128. The quantitative estimate of drug-likeness (QED) is 0.563. The summed E-state index contributed by atoms with van der Waals surface area (Å²) < 4.78 is 4.56. The molecule has 0 fully saturated rings. The summed E-state index contributed by atoms with van der Waals surface area (Å²) in [6.45, 7) is 3.32. The minimum atomic E-state index is 0.322. The third kappa shape index (κ3) is 12.6. The number of para-hydroxylation sites is 1. The molecule has 102 valence electrons. The second-order valence-electron chi connectivity index (χ2n) is 4.07. The van der Waals surface area contributed by atoms with Crippen LogP contribution in [0.5, 0.6) is 5.75 Å². The molecule has 0 spiro atoms. The van der Waals surface area contributed by atoms with Gasteiger partial charge in [-0.25, -0.2) is 0 Å². The van der Waals surface area contributed by atoms with Crippen LogP contribution in [-0.4, -0.2) is 18.2 Å². The molecule has 1 rings (SSSR count). The topological polar surface area (TPSA) is 46.5 Å². The van der Waals surface area contributed by atoms with Crippen molar-refractivity contribution in [2.75, 3.05) is 6.61 Å². The van der Waals surface area contributed by atoms with E-state index in [1.807, 2.05) is 6.07 Å². The van der Waals surface area contributed by atoms with E-state index in [9.17, 15) is 4.79 Å². The summed E-state index contributed by atoms with van der Waals surface area (Å²) in [5.41, 5.74) is 0. The highest BCUT2D eigenvalue weighted by Crippen LogP contribution is 2.04. The SMILES string of the molecule is CCCCCCCCOC=O.Oc1ccccc1. The Morgan fingerprint density at radius 1 is 1.06 bits per heavy atom. The summed E-state index contributed by atoms with van der Waals surface area (Å²) in [7, 11) is 0. The molecule has 1 N–H and O–H groups in total. The Kier molecular flexibility index (Phi) is 12.4. The van der Waals surface area contributed by atoms with E-state index < -0.39 is 0 Å². The van der Waals surface area contributed by atoms with Gasteiger partial charge in [-0.2, -0.15) is 0 Å². The van der Waals surface area contributed by atoms with Gasteiger partial charge in [0.2, 0.25) is 0 Å². The monoisotopic (exact) mass is 252 g/mol. The van der Waals surface area contributed by atoms with Crippen LogP contribution in [0, 0.1) is 0 Å². The summed E-state index contributed by atoms with van der Waals surface area (Å²) in [6.07, 6.45) is 7.41. The number of phenolic OH excluding ortho intramolecular Hbond substituents is 1. The molecule has 0 aliphatic heterocycles. The fraction of sp³-hybridized carbons (Fsp3) is 0.533. The van der Waals surface area contributed by atoms with Gasteiger partial charge < -0.3 is 9.84 Å². The molecule has 3 heteroatoms. The van der Waals surface area contributed by atoms with Crippen molar-refractivity contribution in [1.29, 1.82) is 0 Å². The largest absolute Gasteiger partial charge is 0.508 e. The number of ether oxygens (including phenoxy) is 1. The zero-order valence-electron chi connectivity index (χ0n) is 11.2. The molecule has 0 aliphatic rings. The summed E-state index contributed by atoms with van der Waals surface area (Å²) in [5, 5.41) is 8.63. The Hall–Kier alpha value is -1.51. The Morgan fingerprint density at radius 3 is 2.17 bits per heavy atom. The first kappa shape index (κ1) is 16.5. The lowest BCUT2D eigenvalue weighted by atomic mass is 10.1. The number of phenols is 1. The van der Waals surface area contributed by atoms with E-state index in [1.165, 1.54) is 32.1 Å². The van der Waals surface area contributed by atoms with E-state index in [4.69, 9.17) is 5.11 Å². The van der Waals surface area contributed by atoms with Crippen molar-refractivity contribution in [3.63, 3.8) is 0 Å². The average Bonchev–Trinajstić information content (AvgIpc) is 2.39. The Morgan fingerprint density at radius 2 is 1.67 bits per heavy atom. The van der Waals surface area contributed by atoms with Crippen LogP contribution in [-0.2, 0) is 9.53 Å². The van der Waals surface area contributed by atoms with Gasteiger partial charge in [-0.05, 0) is 18.6 Å². The van der Waals surface area contributed by atoms with Crippen molar-refractivity contribution in [1.82, 2.24) is 0 Å². The number of rotatable bonds is 8.